The second kappa shape index (κ2) is 7.72. The van der Waals surface area contributed by atoms with E-state index in [0.717, 1.165) is 34.0 Å². The van der Waals surface area contributed by atoms with Crippen LogP contribution >= 0.6 is 0 Å². The first kappa shape index (κ1) is 25.5. The van der Waals surface area contributed by atoms with Crippen LogP contribution in [0.4, 0.5) is 0 Å². The van der Waals surface area contributed by atoms with Crippen LogP contribution in [-0.4, -0.2) is 15.0 Å². The molecule has 4 rings (SSSR count). The van der Waals surface area contributed by atoms with Gasteiger partial charge in [0, 0.05) is 28.2 Å². The first-order valence-corrected chi connectivity index (χ1v) is 12.9. The van der Waals surface area contributed by atoms with Crippen LogP contribution in [0.3, 0.4) is 0 Å². The predicted octanol–water partition coefficient (Wildman–Crippen LogP) is 8.40. The number of nitrogens with zero attached hydrogens (tertiary/aromatic N) is 3. The van der Waals surface area contributed by atoms with Gasteiger partial charge in [0.15, 0.2) is 5.82 Å². The summed E-state index contributed by atoms with van der Waals surface area (Å²) >= 11 is 0. The highest BCUT2D eigenvalue weighted by atomic mass is 14.9. The van der Waals surface area contributed by atoms with Crippen molar-refractivity contribution in [1.82, 2.24) is 15.0 Å². The lowest BCUT2D eigenvalue weighted by molar-refractivity contribution is 0.125. The van der Waals surface area contributed by atoms with E-state index in [2.05, 4.69) is 119 Å². The van der Waals surface area contributed by atoms with E-state index in [1.807, 2.05) is 6.20 Å². The van der Waals surface area contributed by atoms with Crippen LogP contribution in [-0.2, 0) is 21.7 Å². The number of pyridine rings is 1. The molecule has 3 nitrogen and oxygen atoms in total. The normalized spacial score (nSPS) is 18.4. The first-order valence-electron chi connectivity index (χ1n) is 12.9. The highest BCUT2D eigenvalue weighted by Gasteiger charge is 2.56. The zero-order valence-corrected chi connectivity index (χ0v) is 23.9. The maximum Gasteiger partial charge on any atom is 0.161 e. The number of rotatable bonds is 2. The number of aromatic nitrogens is 3. The molecule has 0 spiro atoms. The lowest BCUT2D eigenvalue weighted by atomic mass is 9.59. The van der Waals surface area contributed by atoms with Crippen molar-refractivity contribution in [3.05, 3.63) is 65.1 Å². The number of benzene rings is 1. The Morgan fingerprint density at radius 2 is 1.11 bits per heavy atom. The SMILES string of the molecule is CC(C)(C)c1cc(C(C)(C)C)nc(-c2ccc(-c3ccc4c(c3)C(C)(C)C(C)(C)C4(C)C)nc2)n1. The lowest BCUT2D eigenvalue weighted by Crippen LogP contribution is -2.42. The summed E-state index contributed by atoms with van der Waals surface area (Å²) in [5, 5.41) is 0. The number of hydrogen-bond donors (Lipinski definition) is 0. The topological polar surface area (TPSA) is 38.7 Å². The van der Waals surface area contributed by atoms with E-state index in [1.165, 1.54) is 11.1 Å². The third-order valence-electron chi connectivity index (χ3n) is 9.07. The van der Waals surface area contributed by atoms with Gasteiger partial charge in [0.25, 0.3) is 0 Å². The van der Waals surface area contributed by atoms with Gasteiger partial charge in [0.2, 0.25) is 0 Å². The molecule has 0 N–H and O–H groups in total. The molecule has 1 aromatic carbocycles. The molecule has 2 aromatic heterocycles. The third-order valence-corrected chi connectivity index (χ3v) is 9.07. The molecule has 35 heavy (non-hydrogen) atoms. The van der Waals surface area contributed by atoms with Gasteiger partial charge >= 0.3 is 0 Å². The fraction of sp³-hybridized carbons (Fsp3) is 0.531. The third kappa shape index (κ3) is 4.01. The molecule has 0 fully saturated rings. The average molecular weight is 470 g/mol. The molecule has 0 radical (unpaired) electrons. The van der Waals surface area contributed by atoms with Crippen LogP contribution in [0.5, 0.6) is 0 Å². The minimum atomic E-state index is -0.0518. The summed E-state index contributed by atoms with van der Waals surface area (Å²) in [6.45, 7) is 27.5. The minimum absolute atomic E-state index is 0.0518. The van der Waals surface area contributed by atoms with Crippen LogP contribution in [0.15, 0.2) is 42.6 Å². The smallest absolute Gasteiger partial charge is 0.161 e. The van der Waals surface area contributed by atoms with Crippen LogP contribution in [0.25, 0.3) is 22.6 Å². The fourth-order valence-corrected chi connectivity index (χ4v) is 5.26. The van der Waals surface area contributed by atoms with Gasteiger partial charge in [-0.05, 0) is 51.6 Å². The average Bonchev–Trinajstić information content (AvgIpc) is 2.86. The van der Waals surface area contributed by atoms with Gasteiger partial charge in [-0.3, -0.25) is 4.98 Å². The summed E-state index contributed by atoms with van der Waals surface area (Å²) in [5.74, 6) is 0.750. The fourth-order valence-electron chi connectivity index (χ4n) is 5.26. The van der Waals surface area contributed by atoms with Crippen molar-refractivity contribution in [2.24, 2.45) is 5.41 Å². The molecule has 0 amide bonds. The van der Waals surface area contributed by atoms with E-state index in [4.69, 9.17) is 15.0 Å². The van der Waals surface area contributed by atoms with Crippen molar-refractivity contribution >= 4 is 0 Å². The molecular formula is C32H43N3. The van der Waals surface area contributed by atoms with Crippen molar-refractivity contribution in [2.45, 2.75) is 105 Å². The van der Waals surface area contributed by atoms with Gasteiger partial charge in [-0.2, -0.15) is 0 Å². The van der Waals surface area contributed by atoms with Gasteiger partial charge in [-0.25, -0.2) is 9.97 Å². The van der Waals surface area contributed by atoms with Crippen molar-refractivity contribution < 1.29 is 0 Å². The maximum atomic E-state index is 4.94. The van der Waals surface area contributed by atoms with E-state index in [0.29, 0.717) is 0 Å². The molecule has 1 aliphatic rings. The summed E-state index contributed by atoms with van der Waals surface area (Å²) in [6, 6.07) is 13.3. The Morgan fingerprint density at radius 3 is 1.60 bits per heavy atom. The van der Waals surface area contributed by atoms with E-state index >= 15 is 0 Å². The second-order valence-corrected chi connectivity index (χ2v) is 14.0. The van der Waals surface area contributed by atoms with Gasteiger partial charge in [-0.15, -0.1) is 0 Å². The second-order valence-electron chi connectivity index (χ2n) is 14.0. The lowest BCUT2D eigenvalue weighted by Gasteiger charge is -2.44. The Labute approximate surface area is 212 Å². The van der Waals surface area contributed by atoms with Gasteiger partial charge in [0.1, 0.15) is 0 Å². The highest BCUT2D eigenvalue weighted by Crippen LogP contribution is 2.61. The number of hydrogen-bond acceptors (Lipinski definition) is 3. The quantitative estimate of drug-likeness (QED) is 0.378. The van der Waals surface area contributed by atoms with E-state index in [-0.39, 0.29) is 27.1 Å². The van der Waals surface area contributed by atoms with E-state index in [9.17, 15) is 0 Å². The van der Waals surface area contributed by atoms with Gasteiger partial charge < -0.3 is 0 Å². The summed E-state index contributed by atoms with van der Waals surface area (Å²) < 4.78 is 0. The monoisotopic (exact) mass is 469 g/mol. The molecule has 0 atom stereocenters. The molecule has 1 aliphatic carbocycles. The molecule has 2 heterocycles. The van der Waals surface area contributed by atoms with Gasteiger partial charge in [-0.1, -0.05) is 95.2 Å². The Bertz CT molecular complexity index is 1230. The summed E-state index contributed by atoms with van der Waals surface area (Å²) in [7, 11) is 0. The summed E-state index contributed by atoms with van der Waals surface area (Å²) in [4.78, 5) is 14.8. The number of fused-ring (bicyclic) bond motifs is 1. The Hall–Kier alpha value is -2.55. The minimum Gasteiger partial charge on any atom is -0.255 e. The van der Waals surface area contributed by atoms with Crippen LogP contribution in [0.2, 0.25) is 0 Å². The van der Waals surface area contributed by atoms with Crippen LogP contribution in [0.1, 0.15) is 106 Å². The summed E-state index contributed by atoms with van der Waals surface area (Å²) in [6.07, 6.45) is 1.93. The van der Waals surface area contributed by atoms with Crippen molar-refractivity contribution in [1.29, 1.82) is 0 Å². The highest BCUT2D eigenvalue weighted by molar-refractivity contribution is 5.67. The standard InChI is InChI=1S/C32H43N3/c1-28(2,3)25-18-26(29(4,5)6)35-27(34-25)21-14-16-24(33-19-21)20-13-15-22-23(17-20)31(9,10)32(11,12)30(22,7)8/h13-19H,1-12H3. The predicted molar refractivity (Wildman–Crippen MR) is 148 cm³/mol. The molecule has 0 saturated heterocycles. The summed E-state index contributed by atoms with van der Waals surface area (Å²) in [5.41, 5.74) is 8.34. The molecule has 0 unspecified atom stereocenters. The largest absolute Gasteiger partial charge is 0.255 e. The van der Waals surface area contributed by atoms with E-state index < -0.39 is 0 Å². The van der Waals surface area contributed by atoms with Crippen molar-refractivity contribution in [2.75, 3.05) is 0 Å². The molecule has 186 valence electrons. The Kier molecular flexibility index (Phi) is 5.64. The van der Waals surface area contributed by atoms with Crippen LogP contribution < -0.4 is 0 Å². The Balaban J connectivity index is 1.76. The van der Waals surface area contributed by atoms with Gasteiger partial charge in [0.05, 0.1) is 17.1 Å². The molecule has 0 bridgehead atoms. The zero-order chi connectivity index (χ0) is 26.2. The van der Waals surface area contributed by atoms with E-state index in [1.54, 1.807) is 0 Å². The van der Waals surface area contributed by atoms with Crippen molar-refractivity contribution in [3.63, 3.8) is 0 Å². The van der Waals surface area contributed by atoms with Crippen molar-refractivity contribution in [3.8, 4) is 22.6 Å². The zero-order valence-electron chi connectivity index (χ0n) is 23.9. The molecular weight excluding hydrogens is 426 g/mol. The first-order chi connectivity index (χ1) is 15.9. The van der Waals surface area contributed by atoms with Crippen LogP contribution in [0, 0.1) is 5.41 Å². The maximum absolute atomic E-state index is 4.94. The molecule has 0 aliphatic heterocycles. The molecule has 0 saturated carbocycles. The Morgan fingerprint density at radius 1 is 0.600 bits per heavy atom. The molecule has 3 heteroatoms. The molecule has 3 aromatic rings.